The first kappa shape index (κ1) is 10.9. The lowest BCUT2D eigenvalue weighted by atomic mass is 10.3. The van der Waals surface area contributed by atoms with E-state index in [1.165, 1.54) is 12.1 Å². The second-order valence-electron chi connectivity index (χ2n) is 3.06. The molecule has 0 aliphatic rings. The monoisotopic (exact) mass is 257 g/mol. The van der Waals surface area contributed by atoms with Crippen molar-refractivity contribution in [3.63, 3.8) is 0 Å². The Labute approximate surface area is 99.2 Å². The molecule has 1 heterocycles. The molecule has 0 saturated carbocycles. The maximum absolute atomic E-state index is 11.4. The average Bonchev–Trinajstić information content (AvgIpc) is 2.19. The molecular formula is C9H5Cl2N3O2. The van der Waals surface area contributed by atoms with Crippen molar-refractivity contribution in [3.8, 4) is 0 Å². The molecule has 2 rings (SSSR count). The molecule has 1 amide bonds. The smallest absolute Gasteiger partial charge is 0.280 e. The Hall–Kier alpha value is -1.59. The van der Waals surface area contributed by atoms with Gasteiger partial charge in [-0.2, -0.15) is 0 Å². The first-order valence-electron chi connectivity index (χ1n) is 4.18. The fourth-order valence-corrected chi connectivity index (χ4v) is 1.57. The summed E-state index contributed by atoms with van der Waals surface area (Å²) in [4.78, 5) is 28.5. The van der Waals surface area contributed by atoms with Crippen LogP contribution in [0.5, 0.6) is 0 Å². The zero-order chi connectivity index (χ0) is 11.9. The van der Waals surface area contributed by atoms with Gasteiger partial charge in [0, 0.05) is 0 Å². The number of aromatic nitrogens is 2. The van der Waals surface area contributed by atoms with E-state index in [0.717, 1.165) is 0 Å². The van der Waals surface area contributed by atoms with E-state index in [2.05, 4.69) is 9.97 Å². The highest BCUT2D eigenvalue weighted by atomic mass is 35.5. The van der Waals surface area contributed by atoms with Crippen molar-refractivity contribution < 1.29 is 4.79 Å². The minimum atomic E-state index is -0.894. The first-order chi connectivity index (χ1) is 7.49. The molecule has 5 nitrogen and oxygen atoms in total. The molecule has 0 atom stereocenters. The van der Waals surface area contributed by atoms with E-state index in [-0.39, 0.29) is 10.7 Å². The molecule has 16 heavy (non-hydrogen) atoms. The van der Waals surface area contributed by atoms with Crippen LogP contribution in [0.1, 0.15) is 10.5 Å². The lowest BCUT2D eigenvalue weighted by Crippen LogP contribution is -2.25. The van der Waals surface area contributed by atoms with Crippen molar-refractivity contribution in [1.82, 2.24) is 9.97 Å². The van der Waals surface area contributed by atoms with Gasteiger partial charge in [-0.25, -0.2) is 4.98 Å². The molecule has 0 radical (unpaired) electrons. The van der Waals surface area contributed by atoms with Crippen molar-refractivity contribution >= 4 is 40.1 Å². The Morgan fingerprint density at radius 1 is 1.31 bits per heavy atom. The van der Waals surface area contributed by atoms with Gasteiger partial charge in [-0.15, -0.1) is 0 Å². The minimum Gasteiger partial charge on any atom is -0.364 e. The topological polar surface area (TPSA) is 88.8 Å². The van der Waals surface area contributed by atoms with Gasteiger partial charge in [-0.1, -0.05) is 23.2 Å². The minimum absolute atomic E-state index is 0.282. The van der Waals surface area contributed by atoms with Gasteiger partial charge in [0.15, 0.2) is 5.69 Å². The van der Waals surface area contributed by atoms with Crippen LogP contribution in [-0.2, 0) is 0 Å². The number of carbonyl (C=O) groups is 1. The number of hydrogen-bond acceptors (Lipinski definition) is 3. The van der Waals surface area contributed by atoms with Crippen LogP contribution in [0, 0.1) is 0 Å². The van der Waals surface area contributed by atoms with Gasteiger partial charge in [0.05, 0.1) is 21.1 Å². The fraction of sp³-hybridized carbons (Fsp3) is 0. The Morgan fingerprint density at radius 2 is 1.94 bits per heavy atom. The Bertz CT molecular complexity index is 651. The van der Waals surface area contributed by atoms with Crippen molar-refractivity contribution in [2.24, 2.45) is 5.73 Å². The number of rotatable bonds is 1. The third kappa shape index (κ3) is 1.75. The van der Waals surface area contributed by atoms with Crippen LogP contribution >= 0.6 is 23.2 Å². The summed E-state index contributed by atoms with van der Waals surface area (Å²) in [7, 11) is 0. The highest BCUT2D eigenvalue weighted by molar-refractivity contribution is 6.42. The maximum Gasteiger partial charge on any atom is 0.280 e. The third-order valence-corrected chi connectivity index (χ3v) is 2.69. The number of carbonyl (C=O) groups excluding carboxylic acids is 1. The molecule has 7 heteroatoms. The van der Waals surface area contributed by atoms with Crippen molar-refractivity contribution in [2.75, 3.05) is 0 Å². The van der Waals surface area contributed by atoms with Crippen molar-refractivity contribution in [3.05, 3.63) is 38.2 Å². The number of halogens is 2. The number of amides is 1. The second-order valence-corrected chi connectivity index (χ2v) is 3.88. The molecule has 3 N–H and O–H groups in total. The third-order valence-electron chi connectivity index (χ3n) is 1.97. The summed E-state index contributed by atoms with van der Waals surface area (Å²) < 4.78 is 0. The van der Waals surface area contributed by atoms with Crippen molar-refractivity contribution in [2.45, 2.75) is 0 Å². The van der Waals surface area contributed by atoms with E-state index in [1.54, 1.807) is 0 Å². The summed E-state index contributed by atoms with van der Waals surface area (Å²) >= 11 is 11.5. The Balaban J connectivity index is 2.85. The van der Waals surface area contributed by atoms with Gasteiger partial charge in [0.2, 0.25) is 0 Å². The van der Waals surface area contributed by atoms with Crippen LogP contribution < -0.4 is 11.3 Å². The summed E-state index contributed by atoms with van der Waals surface area (Å²) in [6, 6.07) is 2.90. The van der Waals surface area contributed by atoms with Gasteiger partial charge in [-0.3, -0.25) is 9.59 Å². The number of fused-ring (bicyclic) bond motifs is 1. The number of primary amides is 1. The average molecular weight is 258 g/mol. The number of hydrogen-bond donors (Lipinski definition) is 2. The molecule has 82 valence electrons. The van der Waals surface area contributed by atoms with Crippen LogP contribution in [0.25, 0.3) is 11.0 Å². The van der Waals surface area contributed by atoms with Gasteiger partial charge < -0.3 is 10.7 Å². The summed E-state index contributed by atoms with van der Waals surface area (Å²) in [5, 5.41) is 0.572. The van der Waals surface area contributed by atoms with E-state index >= 15 is 0 Å². The zero-order valence-corrected chi connectivity index (χ0v) is 9.26. The maximum atomic E-state index is 11.4. The zero-order valence-electron chi connectivity index (χ0n) is 7.75. The van der Waals surface area contributed by atoms with E-state index in [0.29, 0.717) is 16.1 Å². The van der Waals surface area contributed by atoms with E-state index in [1.807, 2.05) is 0 Å². The van der Waals surface area contributed by atoms with Crippen LogP contribution in [0.4, 0.5) is 0 Å². The first-order valence-corrected chi connectivity index (χ1v) is 4.93. The number of aromatic amines is 1. The number of benzene rings is 1. The number of nitrogens with two attached hydrogens (primary N) is 1. The molecule has 0 fully saturated rings. The van der Waals surface area contributed by atoms with Gasteiger partial charge in [0.25, 0.3) is 11.5 Å². The number of nitrogens with zero attached hydrogens (tertiary/aromatic N) is 1. The van der Waals surface area contributed by atoms with E-state index in [9.17, 15) is 9.59 Å². The SMILES string of the molecule is NC(=O)c1nc2cc(Cl)c(Cl)cc2[nH]c1=O. The standard InChI is InChI=1S/C9H5Cl2N3O2/c10-3-1-5-6(2-4(3)11)14-9(16)7(13-5)8(12)15/h1-2H,(H2,12,15)(H,14,16). The van der Waals surface area contributed by atoms with Crippen molar-refractivity contribution in [1.29, 1.82) is 0 Å². The summed E-state index contributed by atoms with van der Waals surface area (Å²) in [5.74, 6) is -0.894. The lowest BCUT2D eigenvalue weighted by Gasteiger charge is -2.01. The largest absolute Gasteiger partial charge is 0.364 e. The fourth-order valence-electron chi connectivity index (χ4n) is 1.25. The van der Waals surface area contributed by atoms with Crippen LogP contribution in [-0.4, -0.2) is 15.9 Å². The molecule has 1 aromatic carbocycles. The molecule has 0 bridgehead atoms. The van der Waals surface area contributed by atoms with Gasteiger partial charge >= 0.3 is 0 Å². The number of H-pyrrole nitrogens is 1. The predicted octanol–water partition coefficient (Wildman–Crippen LogP) is 1.33. The second kappa shape index (κ2) is 3.77. The van der Waals surface area contributed by atoms with Crippen LogP contribution in [0.15, 0.2) is 16.9 Å². The van der Waals surface area contributed by atoms with Crippen LogP contribution in [0.2, 0.25) is 10.0 Å². The summed E-state index contributed by atoms with van der Waals surface area (Å²) in [6.45, 7) is 0. The number of nitrogens with one attached hydrogen (secondary N) is 1. The Morgan fingerprint density at radius 3 is 2.56 bits per heavy atom. The quantitative estimate of drug-likeness (QED) is 0.808. The van der Waals surface area contributed by atoms with Gasteiger partial charge in [-0.05, 0) is 12.1 Å². The molecular weight excluding hydrogens is 253 g/mol. The molecule has 1 aromatic heterocycles. The molecule has 0 aliphatic carbocycles. The van der Waals surface area contributed by atoms with E-state index < -0.39 is 11.5 Å². The highest BCUT2D eigenvalue weighted by Gasteiger charge is 2.11. The molecule has 0 spiro atoms. The highest BCUT2D eigenvalue weighted by Crippen LogP contribution is 2.25. The van der Waals surface area contributed by atoms with Crippen LogP contribution in [0.3, 0.4) is 0 Å². The molecule has 0 aliphatic heterocycles. The van der Waals surface area contributed by atoms with E-state index in [4.69, 9.17) is 28.9 Å². The lowest BCUT2D eigenvalue weighted by molar-refractivity contribution is 0.0994. The summed E-state index contributed by atoms with van der Waals surface area (Å²) in [6.07, 6.45) is 0. The normalized spacial score (nSPS) is 10.6. The predicted molar refractivity (Wildman–Crippen MR) is 60.9 cm³/mol. The molecule has 2 aromatic rings. The Kier molecular flexibility index (Phi) is 2.57. The summed E-state index contributed by atoms with van der Waals surface area (Å²) in [5.41, 5.74) is 4.73. The van der Waals surface area contributed by atoms with Gasteiger partial charge in [0.1, 0.15) is 0 Å². The molecule has 0 unspecified atom stereocenters. The molecule has 0 saturated heterocycles.